The Morgan fingerprint density at radius 2 is 1.67 bits per heavy atom. The SMILES string of the molecule is CN(C)CCCN1CCC(CCCN2c3ccccc3Sc3ccc(C(F)(F)F)cc32)CC1. The van der Waals surface area contributed by atoms with Crippen molar-refractivity contribution in [2.75, 3.05) is 51.7 Å². The van der Waals surface area contributed by atoms with Crippen LogP contribution in [0.25, 0.3) is 0 Å². The number of alkyl halides is 3. The van der Waals surface area contributed by atoms with Crippen LogP contribution in [0.15, 0.2) is 52.3 Å². The molecule has 180 valence electrons. The van der Waals surface area contributed by atoms with Crippen LogP contribution in [0.4, 0.5) is 24.5 Å². The topological polar surface area (TPSA) is 9.72 Å². The number of hydrogen-bond acceptors (Lipinski definition) is 4. The maximum absolute atomic E-state index is 13.4. The molecule has 2 aromatic rings. The predicted molar refractivity (Wildman–Crippen MR) is 131 cm³/mol. The molecule has 0 aliphatic carbocycles. The van der Waals surface area contributed by atoms with Gasteiger partial charge in [0, 0.05) is 16.3 Å². The molecule has 0 N–H and O–H groups in total. The van der Waals surface area contributed by atoms with E-state index in [0.29, 0.717) is 11.6 Å². The molecule has 2 aliphatic heterocycles. The number of benzene rings is 2. The second kappa shape index (κ2) is 10.7. The minimum absolute atomic E-state index is 0.576. The van der Waals surface area contributed by atoms with Crippen LogP contribution < -0.4 is 4.90 Å². The number of rotatable bonds is 8. The van der Waals surface area contributed by atoms with Crippen LogP contribution in [0, 0.1) is 5.92 Å². The van der Waals surface area contributed by atoms with Crippen molar-refractivity contribution in [3.05, 3.63) is 48.0 Å². The minimum Gasteiger partial charge on any atom is -0.340 e. The fraction of sp³-hybridized carbons (Fsp3) is 0.538. The zero-order valence-corrected chi connectivity index (χ0v) is 20.4. The van der Waals surface area contributed by atoms with Crippen LogP contribution in [-0.2, 0) is 6.18 Å². The third kappa shape index (κ3) is 6.25. The van der Waals surface area contributed by atoms with Crippen molar-refractivity contribution in [2.24, 2.45) is 5.92 Å². The van der Waals surface area contributed by atoms with Crippen molar-refractivity contribution in [1.29, 1.82) is 0 Å². The van der Waals surface area contributed by atoms with Gasteiger partial charge in [-0.15, -0.1) is 0 Å². The number of piperidine rings is 1. The first kappa shape index (κ1) is 24.4. The molecule has 0 radical (unpaired) electrons. The van der Waals surface area contributed by atoms with Crippen molar-refractivity contribution < 1.29 is 13.2 Å². The predicted octanol–water partition coefficient (Wildman–Crippen LogP) is 6.75. The monoisotopic (exact) mass is 477 g/mol. The maximum atomic E-state index is 13.4. The highest BCUT2D eigenvalue weighted by molar-refractivity contribution is 7.99. The molecule has 4 rings (SSSR count). The first-order chi connectivity index (χ1) is 15.8. The van der Waals surface area contributed by atoms with Crippen LogP contribution in [0.5, 0.6) is 0 Å². The molecular formula is C26H34F3N3S. The summed E-state index contributed by atoms with van der Waals surface area (Å²) in [6, 6.07) is 12.2. The van der Waals surface area contributed by atoms with Crippen LogP contribution in [0.2, 0.25) is 0 Å². The summed E-state index contributed by atoms with van der Waals surface area (Å²) in [5.74, 6) is 0.713. The number of hydrogen-bond donors (Lipinski definition) is 0. The zero-order valence-electron chi connectivity index (χ0n) is 19.6. The number of likely N-dealkylation sites (tertiary alicyclic amines) is 1. The van der Waals surface area contributed by atoms with Crippen molar-refractivity contribution in [2.45, 2.75) is 48.1 Å². The molecular weight excluding hydrogens is 443 g/mol. The van der Waals surface area contributed by atoms with Gasteiger partial charge < -0.3 is 14.7 Å². The molecule has 0 amide bonds. The summed E-state index contributed by atoms with van der Waals surface area (Å²) in [7, 11) is 4.24. The summed E-state index contributed by atoms with van der Waals surface area (Å²) in [5.41, 5.74) is 1.13. The van der Waals surface area contributed by atoms with Crippen molar-refractivity contribution in [3.8, 4) is 0 Å². The van der Waals surface area contributed by atoms with Crippen LogP contribution in [0.3, 0.4) is 0 Å². The van der Waals surface area contributed by atoms with Crippen LogP contribution in [-0.4, -0.2) is 56.6 Å². The standard InChI is InChI=1S/C26H34F3N3S/c1-30(2)14-6-15-31-17-12-20(13-18-31)7-5-16-32-22-8-3-4-9-24(22)33-25-11-10-21(19-23(25)32)26(27,28)29/h3-4,8-11,19-20H,5-7,12-18H2,1-2H3. The molecule has 0 unspecified atom stereocenters. The average Bonchev–Trinajstić information content (AvgIpc) is 2.78. The lowest BCUT2D eigenvalue weighted by Gasteiger charge is -2.35. The van der Waals surface area contributed by atoms with Gasteiger partial charge in [-0.3, -0.25) is 0 Å². The fourth-order valence-corrected chi connectivity index (χ4v) is 5.97. The Morgan fingerprint density at radius 3 is 2.39 bits per heavy atom. The quantitative estimate of drug-likeness (QED) is 0.416. The number of para-hydroxylation sites is 1. The highest BCUT2D eigenvalue weighted by atomic mass is 32.2. The third-order valence-corrected chi connectivity index (χ3v) is 7.86. The summed E-state index contributed by atoms with van der Waals surface area (Å²) in [4.78, 5) is 8.92. The molecule has 1 fully saturated rings. The second-order valence-corrected chi connectivity index (χ2v) is 10.6. The smallest absolute Gasteiger partial charge is 0.340 e. The van der Waals surface area contributed by atoms with Gasteiger partial charge in [0.2, 0.25) is 0 Å². The van der Waals surface area contributed by atoms with E-state index in [4.69, 9.17) is 0 Å². The van der Waals surface area contributed by atoms with Gasteiger partial charge in [-0.05, 0) is 109 Å². The van der Waals surface area contributed by atoms with E-state index in [1.54, 1.807) is 17.8 Å². The van der Waals surface area contributed by atoms with Gasteiger partial charge in [-0.1, -0.05) is 23.9 Å². The molecule has 7 heteroatoms. The summed E-state index contributed by atoms with van der Waals surface area (Å²) in [5, 5.41) is 0. The Hall–Kier alpha value is -1.70. The molecule has 2 aromatic carbocycles. The zero-order chi connectivity index (χ0) is 23.4. The third-order valence-electron chi connectivity index (χ3n) is 6.73. The van der Waals surface area contributed by atoms with E-state index in [0.717, 1.165) is 41.4 Å². The van der Waals surface area contributed by atoms with Gasteiger partial charge in [0.25, 0.3) is 0 Å². The minimum atomic E-state index is -4.33. The first-order valence-corrected chi connectivity index (χ1v) is 12.8. The Morgan fingerprint density at radius 1 is 0.939 bits per heavy atom. The highest BCUT2D eigenvalue weighted by Gasteiger charge is 2.33. The van der Waals surface area contributed by atoms with Gasteiger partial charge in [0.05, 0.1) is 16.9 Å². The number of nitrogens with zero attached hydrogens (tertiary/aromatic N) is 3. The summed E-state index contributed by atoms with van der Waals surface area (Å²) >= 11 is 1.56. The van der Waals surface area contributed by atoms with E-state index < -0.39 is 11.7 Å². The normalized spacial score (nSPS) is 17.3. The molecule has 33 heavy (non-hydrogen) atoms. The number of halogens is 3. The van der Waals surface area contributed by atoms with Gasteiger partial charge in [-0.2, -0.15) is 13.2 Å². The molecule has 3 nitrogen and oxygen atoms in total. The van der Waals surface area contributed by atoms with E-state index in [9.17, 15) is 13.2 Å². The van der Waals surface area contributed by atoms with E-state index in [1.165, 1.54) is 51.0 Å². The van der Waals surface area contributed by atoms with Gasteiger partial charge in [0.15, 0.2) is 0 Å². The molecule has 0 atom stereocenters. The largest absolute Gasteiger partial charge is 0.416 e. The lowest BCUT2D eigenvalue weighted by atomic mass is 9.92. The van der Waals surface area contributed by atoms with Gasteiger partial charge in [0.1, 0.15) is 0 Å². The molecule has 2 aliphatic rings. The first-order valence-electron chi connectivity index (χ1n) is 11.9. The molecule has 1 saturated heterocycles. The highest BCUT2D eigenvalue weighted by Crippen LogP contribution is 2.49. The Labute approximate surface area is 199 Å². The lowest BCUT2D eigenvalue weighted by Crippen LogP contribution is -2.35. The second-order valence-electron chi connectivity index (χ2n) is 9.49. The van der Waals surface area contributed by atoms with Crippen LogP contribution >= 0.6 is 11.8 Å². The summed E-state index contributed by atoms with van der Waals surface area (Å²) in [6.45, 7) is 5.38. The van der Waals surface area contributed by atoms with E-state index >= 15 is 0 Å². The molecule has 0 saturated carbocycles. The fourth-order valence-electron chi connectivity index (χ4n) is 4.89. The van der Waals surface area contributed by atoms with E-state index in [2.05, 4.69) is 34.9 Å². The Balaban J connectivity index is 1.37. The number of anilines is 2. The van der Waals surface area contributed by atoms with E-state index in [-0.39, 0.29) is 0 Å². The van der Waals surface area contributed by atoms with Crippen LogP contribution in [0.1, 0.15) is 37.7 Å². The van der Waals surface area contributed by atoms with Gasteiger partial charge >= 0.3 is 6.18 Å². The van der Waals surface area contributed by atoms with Crippen molar-refractivity contribution >= 4 is 23.1 Å². The molecule has 2 heterocycles. The number of fused-ring (bicyclic) bond motifs is 2. The van der Waals surface area contributed by atoms with E-state index in [1.807, 2.05) is 18.2 Å². The maximum Gasteiger partial charge on any atom is 0.416 e. The van der Waals surface area contributed by atoms with Crippen molar-refractivity contribution in [1.82, 2.24) is 9.80 Å². The molecule has 0 bridgehead atoms. The molecule has 0 aromatic heterocycles. The Kier molecular flexibility index (Phi) is 7.92. The lowest BCUT2D eigenvalue weighted by molar-refractivity contribution is -0.137. The van der Waals surface area contributed by atoms with Gasteiger partial charge in [-0.25, -0.2) is 0 Å². The Bertz CT molecular complexity index is 923. The summed E-state index contributed by atoms with van der Waals surface area (Å²) < 4.78 is 40.2. The molecule has 0 spiro atoms. The average molecular weight is 478 g/mol. The summed E-state index contributed by atoms with van der Waals surface area (Å²) in [6.07, 6.45) is 1.45. The van der Waals surface area contributed by atoms with Crippen molar-refractivity contribution in [3.63, 3.8) is 0 Å².